The molecule has 2 atom stereocenters. The van der Waals surface area contributed by atoms with Gasteiger partial charge >= 0.3 is 0 Å². The molecule has 1 saturated heterocycles. The third-order valence-electron chi connectivity index (χ3n) is 4.53. The zero-order chi connectivity index (χ0) is 13.8. The van der Waals surface area contributed by atoms with Gasteiger partial charge in [-0.15, -0.1) is 0 Å². The van der Waals surface area contributed by atoms with Gasteiger partial charge in [0.15, 0.2) is 0 Å². The molecule has 0 spiro atoms. The van der Waals surface area contributed by atoms with Gasteiger partial charge in [-0.05, 0) is 30.9 Å². The molecule has 2 N–H and O–H groups in total. The van der Waals surface area contributed by atoms with Crippen LogP contribution in [0.3, 0.4) is 0 Å². The molecule has 0 aromatic carbocycles. The minimum Gasteiger partial charge on any atom is -0.329 e. The fraction of sp³-hybridized carbons (Fsp3) is 1.00. The highest BCUT2D eigenvalue weighted by Crippen LogP contribution is 2.41. The van der Waals surface area contributed by atoms with Crippen LogP contribution in [-0.2, 0) is 0 Å². The van der Waals surface area contributed by atoms with Crippen LogP contribution in [0, 0.1) is 5.92 Å². The number of rotatable bonds is 7. The van der Waals surface area contributed by atoms with Gasteiger partial charge in [-0.25, -0.2) is 0 Å². The topological polar surface area (TPSA) is 29.3 Å². The zero-order valence-electron chi connectivity index (χ0n) is 12.9. The van der Waals surface area contributed by atoms with Crippen LogP contribution in [-0.4, -0.2) is 40.6 Å². The monoisotopic (exact) mass is 272 g/mol. The van der Waals surface area contributed by atoms with E-state index in [1.165, 1.54) is 31.6 Å². The van der Waals surface area contributed by atoms with E-state index in [2.05, 4.69) is 51.3 Å². The van der Waals surface area contributed by atoms with E-state index in [0.717, 1.165) is 6.54 Å². The van der Waals surface area contributed by atoms with E-state index >= 15 is 0 Å². The summed E-state index contributed by atoms with van der Waals surface area (Å²) in [6, 6.07) is 0.692. The first-order valence-corrected chi connectivity index (χ1v) is 8.65. The Morgan fingerprint density at radius 1 is 1.33 bits per heavy atom. The summed E-state index contributed by atoms with van der Waals surface area (Å²) < 4.78 is 0. The molecular weight excluding hydrogens is 240 g/mol. The summed E-state index contributed by atoms with van der Waals surface area (Å²) in [6.45, 7) is 13.7. The summed E-state index contributed by atoms with van der Waals surface area (Å²) >= 11 is 2.10. The van der Waals surface area contributed by atoms with Gasteiger partial charge < -0.3 is 5.73 Å². The van der Waals surface area contributed by atoms with Crippen LogP contribution in [0.25, 0.3) is 0 Å². The molecule has 0 aliphatic carbocycles. The fourth-order valence-corrected chi connectivity index (χ4v) is 4.84. The van der Waals surface area contributed by atoms with Crippen LogP contribution in [0.15, 0.2) is 0 Å². The lowest BCUT2D eigenvalue weighted by Gasteiger charge is -2.48. The number of thioether (sulfide) groups is 1. The van der Waals surface area contributed by atoms with Crippen molar-refractivity contribution in [3.8, 4) is 0 Å². The van der Waals surface area contributed by atoms with Gasteiger partial charge in [-0.2, -0.15) is 11.8 Å². The van der Waals surface area contributed by atoms with Gasteiger partial charge in [0.25, 0.3) is 0 Å². The Balaban J connectivity index is 2.98. The second-order valence-electron chi connectivity index (χ2n) is 6.09. The van der Waals surface area contributed by atoms with E-state index in [-0.39, 0.29) is 5.54 Å². The first-order valence-electron chi connectivity index (χ1n) is 7.60. The molecule has 1 aliphatic rings. The molecule has 0 aromatic rings. The molecule has 1 heterocycles. The van der Waals surface area contributed by atoms with Gasteiger partial charge in [-0.3, -0.25) is 4.90 Å². The Morgan fingerprint density at radius 3 is 2.28 bits per heavy atom. The summed E-state index contributed by atoms with van der Waals surface area (Å²) in [5, 5.41) is 0.668. The summed E-state index contributed by atoms with van der Waals surface area (Å²) in [5.74, 6) is 1.99. The van der Waals surface area contributed by atoms with Crippen molar-refractivity contribution < 1.29 is 0 Å². The molecule has 0 saturated carbocycles. The van der Waals surface area contributed by atoms with E-state index in [1.807, 2.05) is 0 Å². The third-order valence-corrected chi connectivity index (χ3v) is 5.91. The number of hydrogen-bond acceptors (Lipinski definition) is 3. The summed E-state index contributed by atoms with van der Waals surface area (Å²) in [5.41, 5.74) is 6.47. The molecular formula is C15H32N2S. The first-order chi connectivity index (χ1) is 8.51. The van der Waals surface area contributed by atoms with Crippen LogP contribution < -0.4 is 5.73 Å². The van der Waals surface area contributed by atoms with Crippen LogP contribution in [0.1, 0.15) is 53.9 Å². The number of nitrogens with two attached hydrogens (primary N) is 1. The molecule has 1 rings (SSSR count). The fourth-order valence-electron chi connectivity index (χ4n) is 3.35. The van der Waals surface area contributed by atoms with Crippen LogP contribution >= 0.6 is 11.8 Å². The van der Waals surface area contributed by atoms with E-state index in [0.29, 0.717) is 17.2 Å². The molecule has 3 heteroatoms. The van der Waals surface area contributed by atoms with Gasteiger partial charge in [-0.1, -0.05) is 34.6 Å². The lowest BCUT2D eigenvalue weighted by atomic mass is 9.87. The molecule has 0 bridgehead atoms. The Morgan fingerprint density at radius 2 is 1.94 bits per heavy atom. The van der Waals surface area contributed by atoms with Gasteiger partial charge in [0.05, 0.1) is 0 Å². The van der Waals surface area contributed by atoms with Crippen LogP contribution in [0.2, 0.25) is 0 Å². The average molecular weight is 273 g/mol. The SMILES string of the molecule is CCC(CC)N(CC(C)C)C1(CN)CCSC1C. The van der Waals surface area contributed by atoms with E-state index in [4.69, 9.17) is 5.73 Å². The van der Waals surface area contributed by atoms with Crippen LogP contribution in [0.5, 0.6) is 0 Å². The molecule has 108 valence electrons. The second kappa shape index (κ2) is 7.16. The van der Waals surface area contributed by atoms with Gasteiger partial charge in [0.1, 0.15) is 0 Å². The van der Waals surface area contributed by atoms with Crippen molar-refractivity contribution in [2.24, 2.45) is 11.7 Å². The number of hydrogen-bond donors (Lipinski definition) is 1. The highest BCUT2D eigenvalue weighted by Gasteiger charge is 2.46. The van der Waals surface area contributed by atoms with E-state index < -0.39 is 0 Å². The molecule has 0 radical (unpaired) electrons. The first kappa shape index (κ1) is 16.3. The Hall–Kier alpha value is 0.270. The molecule has 2 nitrogen and oxygen atoms in total. The van der Waals surface area contributed by atoms with Crippen LogP contribution in [0.4, 0.5) is 0 Å². The highest BCUT2D eigenvalue weighted by molar-refractivity contribution is 8.00. The average Bonchev–Trinajstić information content (AvgIpc) is 2.71. The quantitative estimate of drug-likeness (QED) is 0.770. The van der Waals surface area contributed by atoms with Gasteiger partial charge in [0, 0.05) is 29.9 Å². The van der Waals surface area contributed by atoms with E-state index in [1.54, 1.807) is 0 Å². The highest BCUT2D eigenvalue weighted by atomic mass is 32.2. The lowest BCUT2D eigenvalue weighted by Crippen LogP contribution is -2.61. The van der Waals surface area contributed by atoms with Crippen molar-refractivity contribution in [2.45, 2.75) is 70.7 Å². The minimum absolute atomic E-state index is 0.242. The van der Waals surface area contributed by atoms with Crippen molar-refractivity contribution >= 4 is 11.8 Å². The molecule has 1 fully saturated rings. The standard InChI is InChI=1S/C15H32N2S/c1-6-14(7-2)17(10-12(3)4)15(11-16)8-9-18-13(15)5/h12-14H,6-11,16H2,1-5H3. The van der Waals surface area contributed by atoms with Crippen molar-refractivity contribution in [1.82, 2.24) is 4.90 Å². The predicted octanol–water partition coefficient (Wildman–Crippen LogP) is 3.36. The maximum absolute atomic E-state index is 6.23. The van der Waals surface area contributed by atoms with Crippen molar-refractivity contribution in [2.75, 3.05) is 18.8 Å². The van der Waals surface area contributed by atoms with E-state index in [9.17, 15) is 0 Å². The predicted molar refractivity (Wildman–Crippen MR) is 84.2 cm³/mol. The maximum atomic E-state index is 6.23. The summed E-state index contributed by atoms with van der Waals surface area (Å²) in [7, 11) is 0. The van der Waals surface area contributed by atoms with Crippen molar-refractivity contribution in [3.63, 3.8) is 0 Å². The zero-order valence-corrected chi connectivity index (χ0v) is 13.7. The summed E-state index contributed by atoms with van der Waals surface area (Å²) in [4.78, 5) is 2.77. The molecule has 18 heavy (non-hydrogen) atoms. The molecule has 0 amide bonds. The normalized spacial score (nSPS) is 28.8. The summed E-state index contributed by atoms with van der Waals surface area (Å²) in [6.07, 6.45) is 3.74. The third kappa shape index (κ3) is 3.23. The van der Waals surface area contributed by atoms with Crippen molar-refractivity contribution in [1.29, 1.82) is 0 Å². The maximum Gasteiger partial charge on any atom is 0.0458 e. The van der Waals surface area contributed by atoms with Crippen molar-refractivity contribution in [3.05, 3.63) is 0 Å². The number of nitrogens with zero attached hydrogens (tertiary/aromatic N) is 1. The molecule has 0 aromatic heterocycles. The largest absolute Gasteiger partial charge is 0.329 e. The Labute approximate surface area is 118 Å². The molecule has 2 unspecified atom stereocenters. The van der Waals surface area contributed by atoms with Gasteiger partial charge in [0.2, 0.25) is 0 Å². The lowest BCUT2D eigenvalue weighted by molar-refractivity contribution is 0.0347. The molecule has 1 aliphatic heterocycles. The minimum atomic E-state index is 0.242. The Kier molecular flexibility index (Phi) is 6.49. The smallest absolute Gasteiger partial charge is 0.0458 e. The second-order valence-corrected chi connectivity index (χ2v) is 7.54. The Bertz CT molecular complexity index is 241.